The van der Waals surface area contributed by atoms with E-state index in [-0.39, 0.29) is 24.5 Å². The van der Waals surface area contributed by atoms with Gasteiger partial charge in [-0.05, 0) is 24.1 Å². The van der Waals surface area contributed by atoms with Gasteiger partial charge in [-0.1, -0.05) is 36.4 Å². The Morgan fingerprint density at radius 2 is 1.82 bits per heavy atom. The number of ether oxygens (including phenoxy) is 1. The maximum atomic E-state index is 12.9. The molecule has 10 heteroatoms. The molecule has 0 aliphatic carbocycles. The molecular formula is C28H29N7O3. The Morgan fingerprint density at radius 3 is 2.66 bits per heavy atom. The summed E-state index contributed by atoms with van der Waals surface area (Å²) in [5.74, 6) is 1.43. The van der Waals surface area contributed by atoms with Crippen molar-refractivity contribution in [3.8, 4) is 5.75 Å². The predicted molar refractivity (Wildman–Crippen MR) is 145 cm³/mol. The number of carbonyl (C=O) groups excluding carboxylic acids is 2. The van der Waals surface area contributed by atoms with Gasteiger partial charge in [0.1, 0.15) is 23.7 Å². The van der Waals surface area contributed by atoms with Gasteiger partial charge < -0.3 is 25.6 Å². The highest BCUT2D eigenvalue weighted by atomic mass is 16.5. The summed E-state index contributed by atoms with van der Waals surface area (Å²) in [7, 11) is 0. The van der Waals surface area contributed by atoms with Gasteiger partial charge in [-0.3, -0.25) is 14.5 Å². The number of piperazine rings is 1. The standard InChI is InChI=1S/C28H29N7O3/c36-24-17-38-22-8-4-7-20(14-22)29-15-23-25-26(33-28(23)37)30-18-31-27(25)35-11-9-34(10-12-35)16-21(32-24)13-19-5-2-1-3-6-19/h1-8,14-15,18,21,29H,9-13,16-17H2,(H,32,36)(H,30,31,33,37)/b23-15-/t21-/m1/s1. The number of hydrogen-bond donors (Lipinski definition) is 3. The summed E-state index contributed by atoms with van der Waals surface area (Å²) in [5.41, 5.74) is 3.09. The number of anilines is 3. The van der Waals surface area contributed by atoms with Gasteiger partial charge in [-0.25, -0.2) is 9.97 Å². The Labute approximate surface area is 220 Å². The average Bonchev–Trinajstić information content (AvgIpc) is 3.26. The maximum Gasteiger partial charge on any atom is 0.259 e. The molecule has 1 atom stereocenters. The van der Waals surface area contributed by atoms with Crippen molar-refractivity contribution in [3.05, 3.63) is 78.3 Å². The van der Waals surface area contributed by atoms with Crippen molar-refractivity contribution in [1.82, 2.24) is 20.2 Å². The molecule has 1 aromatic heterocycles. The van der Waals surface area contributed by atoms with Crippen LogP contribution in [0.2, 0.25) is 0 Å². The van der Waals surface area contributed by atoms with Crippen LogP contribution in [0.15, 0.2) is 67.1 Å². The zero-order chi connectivity index (χ0) is 25.9. The van der Waals surface area contributed by atoms with Gasteiger partial charge in [-0.2, -0.15) is 0 Å². The minimum atomic E-state index is -0.227. The van der Waals surface area contributed by atoms with E-state index in [1.165, 1.54) is 11.9 Å². The van der Waals surface area contributed by atoms with Gasteiger partial charge in [0.15, 0.2) is 6.61 Å². The van der Waals surface area contributed by atoms with Crippen LogP contribution < -0.4 is 25.6 Å². The fourth-order valence-corrected chi connectivity index (χ4v) is 5.15. The highest BCUT2D eigenvalue weighted by Gasteiger charge is 2.32. The van der Waals surface area contributed by atoms with Gasteiger partial charge >= 0.3 is 0 Å². The number of carbonyl (C=O) groups is 2. The number of aromatic nitrogens is 2. The Hall–Kier alpha value is -4.44. The zero-order valence-corrected chi connectivity index (χ0v) is 20.9. The van der Waals surface area contributed by atoms with Crippen molar-refractivity contribution in [2.45, 2.75) is 12.5 Å². The van der Waals surface area contributed by atoms with Gasteiger partial charge in [-0.15, -0.1) is 0 Å². The van der Waals surface area contributed by atoms with Crippen LogP contribution in [-0.4, -0.2) is 72.1 Å². The first-order valence-corrected chi connectivity index (χ1v) is 12.8. The average molecular weight is 512 g/mol. The third-order valence-electron chi connectivity index (χ3n) is 7.00. The van der Waals surface area contributed by atoms with Gasteiger partial charge in [0.2, 0.25) is 0 Å². The first kappa shape index (κ1) is 23.9. The topological polar surface area (TPSA) is 112 Å². The molecular weight excluding hydrogens is 482 g/mol. The molecule has 1 saturated heterocycles. The van der Waals surface area contributed by atoms with Crippen LogP contribution in [0, 0.1) is 0 Å². The Balaban J connectivity index is 1.32. The lowest BCUT2D eigenvalue weighted by Crippen LogP contribution is -2.52. The highest BCUT2D eigenvalue weighted by molar-refractivity contribution is 6.32. The van der Waals surface area contributed by atoms with E-state index >= 15 is 0 Å². The maximum absolute atomic E-state index is 12.9. The number of nitrogens with zero attached hydrogens (tertiary/aromatic N) is 4. The van der Waals surface area contributed by atoms with Crippen LogP contribution in [0.5, 0.6) is 5.75 Å². The summed E-state index contributed by atoms with van der Waals surface area (Å²) in [5, 5.41) is 9.25. The van der Waals surface area contributed by atoms with Gasteiger partial charge in [0, 0.05) is 56.7 Å². The van der Waals surface area contributed by atoms with Crippen molar-refractivity contribution in [2.75, 3.05) is 54.9 Å². The van der Waals surface area contributed by atoms with Crippen molar-refractivity contribution >= 4 is 34.7 Å². The van der Waals surface area contributed by atoms with Crippen molar-refractivity contribution in [2.24, 2.45) is 0 Å². The summed E-state index contributed by atoms with van der Waals surface area (Å²) < 4.78 is 5.81. The number of benzene rings is 2. The Bertz CT molecular complexity index is 1370. The summed E-state index contributed by atoms with van der Waals surface area (Å²) in [6.07, 6.45) is 3.90. The van der Waals surface area contributed by atoms with Crippen LogP contribution in [0.25, 0.3) is 5.57 Å². The minimum absolute atomic E-state index is 0.0633. The van der Waals surface area contributed by atoms with Crippen LogP contribution >= 0.6 is 0 Å². The second-order valence-corrected chi connectivity index (χ2v) is 9.64. The molecule has 2 aromatic carbocycles. The van der Waals surface area contributed by atoms with Gasteiger partial charge in [0.05, 0.1) is 11.1 Å². The quantitative estimate of drug-likeness (QED) is 0.480. The summed E-state index contributed by atoms with van der Waals surface area (Å²) in [4.78, 5) is 39.2. The van der Waals surface area contributed by atoms with E-state index in [1.54, 1.807) is 18.3 Å². The van der Waals surface area contributed by atoms with E-state index in [1.807, 2.05) is 30.3 Å². The first-order chi connectivity index (χ1) is 18.6. The molecule has 38 heavy (non-hydrogen) atoms. The molecule has 4 aliphatic rings. The molecule has 194 valence electrons. The molecule has 0 unspecified atom stereocenters. The third kappa shape index (κ3) is 5.16. The smallest absolute Gasteiger partial charge is 0.259 e. The van der Waals surface area contributed by atoms with E-state index in [2.05, 4.69) is 47.9 Å². The SMILES string of the molecule is O=C1COc2cccc(c2)N/C=C2\C(=O)Nc3ncnc(c32)N2CCN(CC2)C[C@@H](Cc2ccccc2)N1. The highest BCUT2D eigenvalue weighted by Crippen LogP contribution is 2.36. The largest absolute Gasteiger partial charge is 0.484 e. The molecule has 0 spiro atoms. The number of fused-ring (bicyclic) bond motifs is 8. The number of rotatable bonds is 2. The van der Waals surface area contributed by atoms with E-state index in [0.29, 0.717) is 22.7 Å². The molecule has 4 bridgehead atoms. The first-order valence-electron chi connectivity index (χ1n) is 12.8. The van der Waals surface area contributed by atoms with Crippen molar-refractivity contribution < 1.29 is 14.3 Å². The molecule has 2 amide bonds. The minimum Gasteiger partial charge on any atom is -0.484 e. The normalized spacial score (nSPS) is 22.5. The summed E-state index contributed by atoms with van der Waals surface area (Å²) in [6, 6.07) is 17.4. The molecule has 1 fully saturated rings. The summed E-state index contributed by atoms with van der Waals surface area (Å²) >= 11 is 0. The number of amides is 2. The summed E-state index contributed by atoms with van der Waals surface area (Å²) in [6.45, 7) is 3.74. The molecule has 0 radical (unpaired) electrons. The fraction of sp³-hybridized carbons (Fsp3) is 0.286. The Morgan fingerprint density at radius 1 is 0.974 bits per heavy atom. The van der Waals surface area contributed by atoms with E-state index < -0.39 is 0 Å². The lowest BCUT2D eigenvalue weighted by atomic mass is 10.0. The third-order valence-corrected chi connectivity index (χ3v) is 7.00. The monoisotopic (exact) mass is 511 g/mol. The van der Waals surface area contributed by atoms with Crippen molar-refractivity contribution in [1.29, 1.82) is 0 Å². The molecule has 4 aliphatic heterocycles. The zero-order valence-electron chi connectivity index (χ0n) is 20.9. The molecule has 3 N–H and O–H groups in total. The van der Waals surface area contributed by atoms with Crippen molar-refractivity contribution in [3.63, 3.8) is 0 Å². The number of hydrogen-bond acceptors (Lipinski definition) is 8. The number of nitrogens with one attached hydrogen (secondary N) is 3. The second kappa shape index (κ2) is 10.5. The molecule has 0 saturated carbocycles. The van der Waals surface area contributed by atoms with E-state index in [9.17, 15) is 9.59 Å². The van der Waals surface area contributed by atoms with Crippen LogP contribution in [-0.2, 0) is 16.0 Å². The fourth-order valence-electron chi connectivity index (χ4n) is 5.15. The second-order valence-electron chi connectivity index (χ2n) is 9.64. The van der Waals surface area contributed by atoms with Crippen LogP contribution in [0.4, 0.5) is 17.3 Å². The molecule has 5 heterocycles. The lowest BCUT2D eigenvalue weighted by molar-refractivity contribution is -0.124. The predicted octanol–water partition coefficient (Wildman–Crippen LogP) is 2.12. The van der Waals surface area contributed by atoms with Gasteiger partial charge in [0.25, 0.3) is 11.8 Å². The van der Waals surface area contributed by atoms with Crippen LogP contribution in [0.3, 0.4) is 0 Å². The molecule has 10 nitrogen and oxygen atoms in total. The molecule has 3 aromatic rings. The lowest BCUT2D eigenvalue weighted by Gasteiger charge is -2.37. The van der Waals surface area contributed by atoms with E-state index in [0.717, 1.165) is 50.6 Å². The van der Waals surface area contributed by atoms with Crippen LogP contribution in [0.1, 0.15) is 11.1 Å². The molecule has 7 rings (SSSR count). The Kier molecular flexibility index (Phi) is 6.62. The van der Waals surface area contributed by atoms with E-state index in [4.69, 9.17) is 4.74 Å².